The predicted octanol–water partition coefficient (Wildman–Crippen LogP) is 13.9. The molecular weight excluding hydrogens is 1410 g/mol. The molecule has 4 aliphatic rings. The van der Waals surface area contributed by atoms with E-state index in [4.69, 9.17) is 58.0 Å². The second kappa shape index (κ2) is 42.7. The van der Waals surface area contributed by atoms with Crippen LogP contribution in [0.3, 0.4) is 0 Å². The van der Waals surface area contributed by atoms with Gasteiger partial charge in [-0.15, -0.1) is 0 Å². The lowest BCUT2D eigenvalue weighted by molar-refractivity contribution is -0.213. The molecule has 20 nitrogen and oxygen atoms in total. The molecule has 0 saturated heterocycles. The number of allylic oxidation sites excluding steroid dienone is 4. The van der Waals surface area contributed by atoms with Gasteiger partial charge in [-0.05, 0) is 232 Å². The van der Waals surface area contributed by atoms with Gasteiger partial charge in [-0.1, -0.05) is 170 Å². The molecule has 0 aliphatic heterocycles. The molecule has 0 spiro atoms. The largest absolute Gasteiger partial charge is 0.550 e. The summed E-state index contributed by atoms with van der Waals surface area (Å²) >= 11 is 0. The van der Waals surface area contributed by atoms with Gasteiger partial charge in [0.2, 0.25) is 0 Å². The highest BCUT2D eigenvalue weighted by Gasteiger charge is 2.57. The van der Waals surface area contributed by atoms with Gasteiger partial charge in [0, 0.05) is 0 Å². The Morgan fingerprint density at radius 1 is 0.276 bits per heavy atom. The van der Waals surface area contributed by atoms with Crippen molar-refractivity contribution >= 4 is 107 Å². The molecule has 4 aromatic carbocycles. The lowest BCUT2D eigenvalue weighted by atomic mass is 9.45. The molecule has 0 heterocycles. The van der Waals surface area contributed by atoms with Gasteiger partial charge in [0.1, 0.15) is 24.4 Å². The fraction of sp³-hybridized carbons (Fsp3) is 0.506. The van der Waals surface area contributed by atoms with Crippen molar-refractivity contribution in [3.63, 3.8) is 0 Å². The maximum Gasteiger partial charge on any atom is 0.550 e. The number of carbonyl (C=O) groups is 8. The van der Waals surface area contributed by atoms with Crippen LogP contribution in [0.15, 0.2) is 142 Å². The van der Waals surface area contributed by atoms with Gasteiger partial charge in [-0.25, -0.2) is 58.3 Å². The smallest absolute Gasteiger partial charge is 0.428 e. The minimum atomic E-state index is -1.13. The maximum atomic E-state index is 13.3. The Labute approximate surface area is 627 Å². The first-order valence-corrected chi connectivity index (χ1v) is 44.4. The Morgan fingerprint density at radius 3 is 0.610 bits per heavy atom. The van der Waals surface area contributed by atoms with E-state index >= 15 is 0 Å². The van der Waals surface area contributed by atoms with Crippen molar-refractivity contribution in [3.8, 4) is 0 Å². The van der Waals surface area contributed by atoms with E-state index in [1.165, 1.54) is 22.3 Å². The van der Waals surface area contributed by atoms with Gasteiger partial charge in [-0.3, -0.25) is 0 Å². The third-order valence-electron chi connectivity index (χ3n) is 22.2. The summed E-state index contributed by atoms with van der Waals surface area (Å²) < 4.78 is 23.5. The summed E-state index contributed by atoms with van der Waals surface area (Å²) in [6.07, 6.45) is 10.0. The molecule has 4 aliphatic carbocycles. The molecule has 0 amide bonds. The van der Waals surface area contributed by atoms with E-state index in [1.54, 1.807) is 48.5 Å². The summed E-state index contributed by atoms with van der Waals surface area (Å²) in [6, 6.07) is 28.5. The standard InChI is InChI=1S/C81H108O20Si4/c1-9-53(10-2)49-102-69-41-17-57(18-42-69)73(82)94-98-77(86)90-65-33-25-61(26-34-65)81(62-27-35-66(36-28-62)91-78(87)99-95-74(83)58-19-43-70(44-20-58)103-50-54(11-3)12-4,63-29-37-67(38-30-63)92-79(88)100-96-75(84)59-21-45-71(46-22-59)104-51-55(13-5)14-6)64-31-39-68(40-32-64)93-80(89)101-97-76(85)60-23-47-72(48-24-60)105-52-56(15-7)16-8/h17-24,41-52,61-68H,9-16,25-40,102-105H2,1-8H3. The van der Waals surface area contributed by atoms with Crippen LogP contribution in [-0.4, -0.2) is 111 Å². The predicted molar refractivity (Wildman–Crippen MR) is 410 cm³/mol. The molecule has 4 fully saturated rings. The van der Waals surface area contributed by atoms with Crippen LogP contribution in [0.1, 0.15) is 251 Å². The molecule has 105 heavy (non-hydrogen) atoms. The number of rotatable bonds is 28. The Bertz CT molecular complexity index is 3110. The third kappa shape index (κ3) is 24.9. The Kier molecular flexibility index (Phi) is 33.5. The summed E-state index contributed by atoms with van der Waals surface area (Å²) in [7, 11) is -2.70. The van der Waals surface area contributed by atoms with Crippen molar-refractivity contribution < 1.29 is 96.4 Å². The van der Waals surface area contributed by atoms with Crippen LogP contribution in [0.5, 0.6) is 0 Å². The van der Waals surface area contributed by atoms with Crippen LogP contribution < -0.4 is 20.7 Å². The molecule has 8 rings (SSSR count). The van der Waals surface area contributed by atoms with Crippen LogP contribution in [0.2, 0.25) is 0 Å². The van der Waals surface area contributed by atoms with Crippen LogP contribution >= 0.6 is 0 Å². The first kappa shape index (κ1) is 82.3. The van der Waals surface area contributed by atoms with Crippen molar-refractivity contribution in [2.45, 2.75) is 234 Å². The van der Waals surface area contributed by atoms with E-state index in [9.17, 15) is 38.4 Å². The zero-order valence-corrected chi connectivity index (χ0v) is 68.3. The highest BCUT2D eigenvalue weighted by Crippen LogP contribution is 2.63. The quantitative estimate of drug-likeness (QED) is 0.0168. The Balaban J connectivity index is 0.961. The summed E-state index contributed by atoms with van der Waals surface area (Å²) in [5.41, 5.74) is 15.4. The SMILES string of the molecule is CCC(=C[SiH2]c1ccc(C(=O)OOC(=O)OC2CCC(C(C3CCC(OC(=O)OOC(=O)c4ccc([SiH2]C=C(CC)CC)cc4)CC3)(C3CCC(OC(=O)OOC(=O)c4ccc([SiH2]C=C(CC)CC)cc4)CC3)C3CCC(OC(=O)OOC(=O)c4ccc([SiH2]C=C(CC)CC)cc4)CC3)CC2)cc1)CC. The average molecular weight is 1510 g/mol. The fourth-order valence-corrected chi connectivity index (χ4v) is 22.6. The van der Waals surface area contributed by atoms with Gasteiger partial charge in [0.25, 0.3) is 0 Å². The van der Waals surface area contributed by atoms with E-state index in [0.717, 1.165) is 72.1 Å². The first-order valence-electron chi connectivity index (χ1n) is 38.4. The second-order valence-electron chi connectivity index (χ2n) is 28.1. The summed E-state index contributed by atoms with van der Waals surface area (Å²) in [6.45, 7) is 17.1. The fourth-order valence-electron chi connectivity index (χ4n) is 16.1. The minimum Gasteiger partial charge on any atom is -0.428 e. The van der Waals surface area contributed by atoms with Crippen LogP contribution in [-0.2, 0) is 58.0 Å². The lowest BCUT2D eigenvalue weighted by Gasteiger charge is -2.60. The van der Waals surface area contributed by atoms with Crippen molar-refractivity contribution in [1.82, 2.24) is 0 Å². The van der Waals surface area contributed by atoms with Crippen molar-refractivity contribution in [2.75, 3.05) is 0 Å². The number of carbonyl (C=O) groups excluding carboxylic acids is 8. The Morgan fingerprint density at radius 2 is 0.448 bits per heavy atom. The molecule has 4 saturated carbocycles. The number of hydrogen-bond acceptors (Lipinski definition) is 20. The average Bonchev–Trinajstić information content (AvgIpc) is 0.732. The second-order valence-corrected chi connectivity index (χ2v) is 34.6. The van der Waals surface area contributed by atoms with Crippen LogP contribution in [0, 0.1) is 29.1 Å². The number of ether oxygens (including phenoxy) is 4. The van der Waals surface area contributed by atoms with E-state index < -0.39 is 116 Å². The summed E-state index contributed by atoms with van der Waals surface area (Å²) in [4.78, 5) is 146. The molecule has 0 atom stereocenters. The van der Waals surface area contributed by atoms with Gasteiger partial charge < -0.3 is 18.9 Å². The zero-order valence-electron chi connectivity index (χ0n) is 62.6. The third-order valence-corrected chi connectivity index (χ3v) is 29.1. The molecule has 0 aromatic heterocycles. The molecule has 4 aromatic rings. The van der Waals surface area contributed by atoms with E-state index in [2.05, 4.69) is 78.2 Å². The first-order chi connectivity index (χ1) is 50.9. The maximum absolute atomic E-state index is 13.3. The van der Waals surface area contributed by atoms with E-state index in [0.29, 0.717) is 103 Å². The summed E-state index contributed by atoms with van der Waals surface area (Å²) in [5, 5.41) is 4.63. The van der Waals surface area contributed by atoms with Gasteiger partial charge in [0.15, 0.2) is 0 Å². The van der Waals surface area contributed by atoms with Crippen LogP contribution in [0.4, 0.5) is 19.2 Å². The number of benzene rings is 4. The molecule has 0 N–H and O–H groups in total. The molecule has 0 bridgehead atoms. The normalized spacial score (nSPS) is 20.9. The number of hydrogen-bond donors (Lipinski definition) is 0. The molecule has 0 unspecified atom stereocenters. The highest BCUT2D eigenvalue weighted by molar-refractivity contribution is 6.60. The molecule has 0 radical (unpaired) electrons. The van der Waals surface area contributed by atoms with Gasteiger partial charge >= 0.3 is 48.5 Å². The van der Waals surface area contributed by atoms with E-state index in [1.807, 2.05) is 48.5 Å². The Hall–Kier alpha value is -8.33. The monoisotopic (exact) mass is 1510 g/mol. The molecule has 568 valence electrons. The highest BCUT2D eigenvalue weighted by atomic mass is 28.2. The van der Waals surface area contributed by atoms with Gasteiger partial charge in [-0.2, -0.15) is 19.2 Å². The van der Waals surface area contributed by atoms with Gasteiger partial charge in [0.05, 0.1) is 60.3 Å². The van der Waals surface area contributed by atoms with Crippen molar-refractivity contribution in [3.05, 3.63) is 164 Å². The van der Waals surface area contributed by atoms with Crippen molar-refractivity contribution in [1.29, 1.82) is 0 Å². The zero-order chi connectivity index (χ0) is 75.1. The summed E-state index contributed by atoms with van der Waals surface area (Å²) in [5.74, 6) is -3.14. The van der Waals surface area contributed by atoms with E-state index in [-0.39, 0.29) is 45.9 Å². The minimum absolute atomic E-state index is 0.0443. The van der Waals surface area contributed by atoms with Crippen molar-refractivity contribution in [2.24, 2.45) is 29.1 Å². The molecular formula is C81H108O20Si4. The topological polar surface area (TPSA) is 247 Å². The molecule has 24 heteroatoms. The lowest BCUT2D eigenvalue weighted by Crippen LogP contribution is -2.54. The van der Waals surface area contributed by atoms with Crippen LogP contribution in [0.25, 0.3) is 0 Å².